The van der Waals surface area contributed by atoms with Crippen LogP contribution in [-0.2, 0) is 11.2 Å². The topological polar surface area (TPSA) is 88.9 Å². The van der Waals surface area contributed by atoms with Crippen molar-refractivity contribution in [2.45, 2.75) is 40.2 Å². The van der Waals surface area contributed by atoms with Crippen LogP contribution in [0.1, 0.15) is 48.3 Å². The summed E-state index contributed by atoms with van der Waals surface area (Å²) in [5.41, 5.74) is 5.59. The highest BCUT2D eigenvalue weighted by Crippen LogP contribution is 2.28. The van der Waals surface area contributed by atoms with E-state index in [2.05, 4.69) is 15.7 Å². The predicted octanol–water partition coefficient (Wildman–Crippen LogP) is 4.92. The first-order chi connectivity index (χ1) is 16.4. The molecule has 2 aromatic heterocycles. The van der Waals surface area contributed by atoms with Gasteiger partial charge in [0, 0.05) is 17.3 Å². The number of benzene rings is 2. The van der Waals surface area contributed by atoms with Crippen molar-refractivity contribution in [2.24, 2.45) is 0 Å². The van der Waals surface area contributed by atoms with Crippen LogP contribution < -0.4 is 10.6 Å². The molecule has 2 amide bonds. The lowest BCUT2D eigenvalue weighted by Gasteiger charge is -2.13. The average molecular weight is 456 g/mol. The van der Waals surface area contributed by atoms with Crippen LogP contribution in [0.2, 0.25) is 0 Å². The van der Waals surface area contributed by atoms with E-state index in [4.69, 9.17) is 4.98 Å². The molecule has 7 nitrogen and oxygen atoms in total. The first-order valence-electron chi connectivity index (χ1n) is 11.5. The van der Waals surface area contributed by atoms with Crippen molar-refractivity contribution in [3.8, 4) is 11.3 Å². The van der Waals surface area contributed by atoms with Crippen LogP contribution in [0, 0.1) is 6.92 Å². The normalized spacial score (nSPS) is 11.1. The molecule has 0 saturated carbocycles. The molecule has 0 aliphatic heterocycles. The second-order valence-corrected chi connectivity index (χ2v) is 8.53. The Morgan fingerprint density at radius 1 is 1.06 bits per heavy atom. The van der Waals surface area contributed by atoms with E-state index in [0.717, 1.165) is 28.8 Å². The zero-order valence-corrected chi connectivity index (χ0v) is 19.9. The van der Waals surface area contributed by atoms with Gasteiger partial charge in [-0.15, -0.1) is 0 Å². The number of nitrogens with one attached hydrogen (secondary N) is 2. The highest BCUT2D eigenvalue weighted by Gasteiger charge is 2.19. The minimum atomic E-state index is -0.343. The molecular weight excluding hydrogens is 426 g/mol. The molecule has 4 aromatic rings. The molecule has 174 valence electrons. The molecule has 34 heavy (non-hydrogen) atoms. The van der Waals surface area contributed by atoms with E-state index in [1.54, 1.807) is 12.3 Å². The number of amides is 2. The van der Waals surface area contributed by atoms with Gasteiger partial charge in [-0.25, -0.2) is 9.67 Å². The van der Waals surface area contributed by atoms with Gasteiger partial charge in [-0.05, 0) is 50.5 Å². The Hall–Kier alpha value is -4.00. The van der Waals surface area contributed by atoms with E-state index >= 15 is 0 Å². The summed E-state index contributed by atoms with van der Waals surface area (Å²) in [6, 6.07) is 17.4. The number of para-hydroxylation sites is 1. The fraction of sp³-hybridized carbons (Fsp3) is 0.259. The average Bonchev–Trinajstić information content (AvgIpc) is 3.27. The van der Waals surface area contributed by atoms with E-state index in [-0.39, 0.29) is 24.4 Å². The second-order valence-electron chi connectivity index (χ2n) is 8.53. The highest BCUT2D eigenvalue weighted by atomic mass is 16.2. The molecule has 0 unspecified atom stereocenters. The number of rotatable bonds is 7. The number of hydrogen-bond donors (Lipinski definition) is 2. The third kappa shape index (κ3) is 4.69. The van der Waals surface area contributed by atoms with Gasteiger partial charge in [0.05, 0.1) is 29.4 Å². The summed E-state index contributed by atoms with van der Waals surface area (Å²) in [4.78, 5) is 30.6. The molecule has 0 aliphatic carbocycles. The first kappa shape index (κ1) is 23.2. The Kier molecular flexibility index (Phi) is 6.72. The molecule has 0 atom stereocenters. The lowest BCUT2D eigenvalue weighted by atomic mass is 10.0. The number of fused-ring (bicyclic) bond motifs is 1. The van der Waals surface area contributed by atoms with Gasteiger partial charge in [0.1, 0.15) is 0 Å². The number of carbonyl (C=O) groups is 2. The molecular formula is C27H29N5O2. The van der Waals surface area contributed by atoms with Gasteiger partial charge in [-0.1, -0.05) is 49.4 Å². The summed E-state index contributed by atoms with van der Waals surface area (Å²) >= 11 is 0. The van der Waals surface area contributed by atoms with Crippen molar-refractivity contribution in [3.05, 3.63) is 77.5 Å². The summed E-state index contributed by atoms with van der Waals surface area (Å²) in [6.07, 6.45) is 2.47. The Morgan fingerprint density at radius 2 is 1.79 bits per heavy atom. The van der Waals surface area contributed by atoms with Crippen LogP contribution in [0.15, 0.2) is 60.8 Å². The fourth-order valence-corrected chi connectivity index (χ4v) is 3.98. The van der Waals surface area contributed by atoms with Crippen LogP contribution in [0.3, 0.4) is 0 Å². The molecule has 0 radical (unpaired) electrons. The molecule has 0 bridgehead atoms. The Labute approximate surface area is 199 Å². The molecule has 2 N–H and O–H groups in total. The molecule has 2 heterocycles. The van der Waals surface area contributed by atoms with Crippen molar-refractivity contribution in [1.82, 2.24) is 20.1 Å². The smallest absolute Gasteiger partial charge is 0.252 e. The number of nitrogens with zero attached hydrogens (tertiary/aromatic N) is 3. The lowest BCUT2D eigenvalue weighted by Crippen LogP contribution is -2.33. The molecule has 0 spiro atoms. The first-order valence-corrected chi connectivity index (χ1v) is 11.5. The van der Waals surface area contributed by atoms with Gasteiger partial charge in [0.2, 0.25) is 5.91 Å². The quantitative estimate of drug-likeness (QED) is 0.414. The van der Waals surface area contributed by atoms with E-state index < -0.39 is 0 Å². The van der Waals surface area contributed by atoms with Gasteiger partial charge in [-0.2, -0.15) is 5.10 Å². The van der Waals surface area contributed by atoms with Gasteiger partial charge >= 0.3 is 0 Å². The summed E-state index contributed by atoms with van der Waals surface area (Å²) in [7, 11) is 0. The summed E-state index contributed by atoms with van der Waals surface area (Å²) in [5.74, 6) is -0.624. The number of aromatic nitrogens is 3. The number of pyridine rings is 1. The van der Waals surface area contributed by atoms with Crippen LogP contribution in [0.5, 0.6) is 0 Å². The van der Waals surface area contributed by atoms with Gasteiger partial charge in [0.25, 0.3) is 5.91 Å². The van der Waals surface area contributed by atoms with Crippen LogP contribution in [0.25, 0.3) is 22.3 Å². The third-order valence-electron chi connectivity index (χ3n) is 5.80. The van der Waals surface area contributed by atoms with Crippen LogP contribution in [0.4, 0.5) is 5.69 Å². The predicted molar refractivity (Wildman–Crippen MR) is 135 cm³/mol. The van der Waals surface area contributed by atoms with E-state index in [0.29, 0.717) is 22.3 Å². The zero-order valence-electron chi connectivity index (χ0n) is 19.9. The van der Waals surface area contributed by atoms with Crippen molar-refractivity contribution < 1.29 is 9.59 Å². The number of hydrogen-bond acceptors (Lipinski definition) is 4. The summed E-state index contributed by atoms with van der Waals surface area (Å²) < 4.78 is 1.81. The maximum atomic E-state index is 13.2. The van der Waals surface area contributed by atoms with Crippen molar-refractivity contribution in [2.75, 3.05) is 11.9 Å². The minimum Gasteiger partial charge on any atom is -0.343 e. The van der Waals surface area contributed by atoms with Crippen LogP contribution >= 0.6 is 0 Å². The Bertz CT molecular complexity index is 1360. The molecule has 0 saturated heterocycles. The molecule has 2 aromatic carbocycles. The Balaban J connectivity index is 1.63. The maximum Gasteiger partial charge on any atom is 0.252 e. The van der Waals surface area contributed by atoms with Crippen molar-refractivity contribution in [1.29, 1.82) is 0 Å². The van der Waals surface area contributed by atoms with Crippen molar-refractivity contribution >= 4 is 28.5 Å². The maximum absolute atomic E-state index is 13.2. The highest BCUT2D eigenvalue weighted by molar-refractivity contribution is 6.08. The van der Waals surface area contributed by atoms with Crippen LogP contribution in [-0.4, -0.2) is 33.1 Å². The SMILES string of the molecule is CCc1ccccc1NC(=O)CNC(=O)c1cc(-c2ccccc2C)nc2c1cnn2C(C)C. The number of carbonyl (C=O) groups excluding carboxylic acids is 2. The van der Waals surface area contributed by atoms with Gasteiger partial charge in [0.15, 0.2) is 5.65 Å². The van der Waals surface area contributed by atoms with Gasteiger partial charge in [-0.3, -0.25) is 9.59 Å². The van der Waals surface area contributed by atoms with Crippen molar-refractivity contribution in [3.63, 3.8) is 0 Å². The standard InChI is InChI=1S/C27H29N5O2/c1-5-19-11-7-9-13-23(19)30-25(33)16-28-27(34)21-14-24(20-12-8-6-10-18(20)4)31-26-22(21)15-29-32(26)17(2)3/h6-15,17H,5,16H2,1-4H3,(H,28,34)(H,30,33). The monoisotopic (exact) mass is 455 g/mol. The lowest BCUT2D eigenvalue weighted by molar-refractivity contribution is -0.115. The third-order valence-corrected chi connectivity index (χ3v) is 5.80. The zero-order chi connectivity index (χ0) is 24.2. The van der Waals surface area contributed by atoms with E-state index in [1.165, 1.54) is 0 Å². The minimum absolute atomic E-state index is 0.0810. The van der Waals surface area contributed by atoms with E-state index in [9.17, 15) is 9.59 Å². The molecule has 0 aliphatic rings. The number of aryl methyl sites for hydroxylation is 2. The fourth-order valence-electron chi connectivity index (χ4n) is 3.98. The Morgan fingerprint density at radius 3 is 2.53 bits per heavy atom. The summed E-state index contributed by atoms with van der Waals surface area (Å²) in [6.45, 7) is 7.95. The second kappa shape index (κ2) is 9.87. The molecule has 4 rings (SSSR count). The number of anilines is 1. The molecule has 0 fully saturated rings. The molecule has 7 heteroatoms. The van der Waals surface area contributed by atoms with Gasteiger partial charge < -0.3 is 10.6 Å². The van der Waals surface area contributed by atoms with E-state index in [1.807, 2.05) is 80.9 Å². The summed E-state index contributed by atoms with van der Waals surface area (Å²) in [5, 5.41) is 10.8. The largest absolute Gasteiger partial charge is 0.343 e.